The van der Waals surface area contributed by atoms with Gasteiger partial charge in [0.1, 0.15) is 12.0 Å². The molecule has 0 aromatic carbocycles. The molecule has 0 atom stereocenters. The molecule has 0 fully saturated rings. The molecule has 6 heteroatoms. The fraction of sp³-hybridized carbons (Fsp3) is 0.429. The summed E-state index contributed by atoms with van der Waals surface area (Å²) in [6.07, 6.45) is 2.55. The summed E-state index contributed by atoms with van der Waals surface area (Å²) in [7, 11) is 1.57. The molecule has 20 heavy (non-hydrogen) atoms. The maximum Gasteiger partial charge on any atom is 0.216 e. The lowest BCUT2D eigenvalue weighted by atomic mass is 10.3. The van der Waals surface area contributed by atoms with Crippen molar-refractivity contribution in [2.45, 2.75) is 26.8 Å². The van der Waals surface area contributed by atoms with Gasteiger partial charge in [0.15, 0.2) is 5.82 Å². The molecule has 106 valence electrons. The van der Waals surface area contributed by atoms with Crippen LogP contribution in [-0.4, -0.2) is 33.6 Å². The number of rotatable bonds is 6. The van der Waals surface area contributed by atoms with Crippen LogP contribution < -0.4 is 10.1 Å². The first-order valence-electron chi connectivity index (χ1n) is 6.64. The fourth-order valence-electron chi connectivity index (χ4n) is 1.81. The summed E-state index contributed by atoms with van der Waals surface area (Å²) in [5.41, 5.74) is 2.54. The molecule has 0 saturated heterocycles. The van der Waals surface area contributed by atoms with E-state index in [1.165, 1.54) is 6.33 Å². The molecule has 0 spiro atoms. The van der Waals surface area contributed by atoms with E-state index in [2.05, 4.69) is 32.2 Å². The van der Waals surface area contributed by atoms with Gasteiger partial charge in [-0.05, 0) is 26.0 Å². The SMILES string of the molecule is CCCNCc1cc(C)nc(-c2cc(OC)ncn2)n1. The van der Waals surface area contributed by atoms with Crippen LogP contribution in [0.4, 0.5) is 0 Å². The smallest absolute Gasteiger partial charge is 0.216 e. The van der Waals surface area contributed by atoms with E-state index in [4.69, 9.17) is 4.74 Å². The van der Waals surface area contributed by atoms with Crippen molar-refractivity contribution in [1.82, 2.24) is 25.3 Å². The molecule has 0 aliphatic rings. The summed E-state index contributed by atoms with van der Waals surface area (Å²) in [5.74, 6) is 1.10. The van der Waals surface area contributed by atoms with E-state index in [0.29, 0.717) is 17.4 Å². The molecule has 6 nitrogen and oxygen atoms in total. The van der Waals surface area contributed by atoms with Crippen LogP contribution in [0, 0.1) is 6.92 Å². The monoisotopic (exact) mass is 273 g/mol. The molecular formula is C14H19N5O. The average Bonchev–Trinajstić information content (AvgIpc) is 2.47. The van der Waals surface area contributed by atoms with E-state index < -0.39 is 0 Å². The third-order valence-corrected chi connectivity index (χ3v) is 2.72. The topological polar surface area (TPSA) is 72.8 Å². The summed E-state index contributed by atoms with van der Waals surface area (Å²) < 4.78 is 5.10. The van der Waals surface area contributed by atoms with E-state index in [0.717, 1.165) is 30.9 Å². The van der Waals surface area contributed by atoms with Crippen LogP contribution in [0.3, 0.4) is 0 Å². The largest absolute Gasteiger partial charge is 0.481 e. The number of hydrogen-bond donors (Lipinski definition) is 1. The molecule has 0 unspecified atom stereocenters. The Labute approximate surface area is 118 Å². The van der Waals surface area contributed by atoms with Crippen molar-refractivity contribution in [2.75, 3.05) is 13.7 Å². The number of methoxy groups -OCH3 is 1. The number of hydrogen-bond acceptors (Lipinski definition) is 6. The van der Waals surface area contributed by atoms with Crippen LogP contribution >= 0.6 is 0 Å². The Morgan fingerprint density at radius 3 is 2.80 bits per heavy atom. The summed E-state index contributed by atoms with van der Waals surface area (Å²) in [5, 5.41) is 3.33. The van der Waals surface area contributed by atoms with Crippen LogP contribution in [0.25, 0.3) is 11.5 Å². The summed E-state index contributed by atoms with van der Waals surface area (Å²) >= 11 is 0. The van der Waals surface area contributed by atoms with Gasteiger partial charge in [0.25, 0.3) is 0 Å². The lowest BCUT2D eigenvalue weighted by Gasteiger charge is -2.07. The van der Waals surface area contributed by atoms with E-state index >= 15 is 0 Å². The third kappa shape index (κ3) is 3.71. The molecule has 0 aliphatic heterocycles. The van der Waals surface area contributed by atoms with Crippen molar-refractivity contribution in [3.05, 3.63) is 29.8 Å². The lowest BCUT2D eigenvalue weighted by Crippen LogP contribution is -2.15. The summed E-state index contributed by atoms with van der Waals surface area (Å²) in [6.45, 7) is 5.79. The highest BCUT2D eigenvalue weighted by Gasteiger charge is 2.08. The van der Waals surface area contributed by atoms with Crippen molar-refractivity contribution in [3.8, 4) is 17.4 Å². The zero-order valence-corrected chi connectivity index (χ0v) is 12.1. The van der Waals surface area contributed by atoms with Crippen molar-refractivity contribution < 1.29 is 4.74 Å². The third-order valence-electron chi connectivity index (χ3n) is 2.72. The molecule has 1 N–H and O–H groups in total. The zero-order chi connectivity index (χ0) is 14.4. The fourth-order valence-corrected chi connectivity index (χ4v) is 1.81. The molecule has 2 heterocycles. The average molecular weight is 273 g/mol. The highest BCUT2D eigenvalue weighted by atomic mass is 16.5. The van der Waals surface area contributed by atoms with Gasteiger partial charge in [0.2, 0.25) is 5.88 Å². The predicted molar refractivity (Wildman–Crippen MR) is 76.3 cm³/mol. The Kier molecular flexibility index (Phi) is 4.95. The lowest BCUT2D eigenvalue weighted by molar-refractivity contribution is 0.397. The highest BCUT2D eigenvalue weighted by Crippen LogP contribution is 2.16. The number of ether oxygens (including phenoxy) is 1. The van der Waals surface area contributed by atoms with E-state index in [9.17, 15) is 0 Å². The summed E-state index contributed by atoms with van der Waals surface area (Å²) in [6, 6.07) is 3.71. The minimum absolute atomic E-state index is 0.505. The summed E-state index contributed by atoms with van der Waals surface area (Å²) in [4.78, 5) is 17.1. The van der Waals surface area contributed by atoms with Gasteiger partial charge in [-0.15, -0.1) is 0 Å². The Morgan fingerprint density at radius 1 is 1.20 bits per heavy atom. The minimum Gasteiger partial charge on any atom is -0.481 e. The Morgan fingerprint density at radius 2 is 2.05 bits per heavy atom. The molecule has 0 saturated carbocycles. The Balaban J connectivity index is 2.26. The standard InChI is InChI=1S/C14H19N5O/c1-4-5-15-8-11-6-10(2)18-14(19-11)12-7-13(20-3)17-9-16-12/h6-7,9,15H,4-5,8H2,1-3H3. The Bertz CT molecular complexity index is 573. The maximum atomic E-state index is 5.10. The predicted octanol–water partition coefficient (Wildman–Crippen LogP) is 1.75. The molecule has 2 aromatic rings. The van der Waals surface area contributed by atoms with Gasteiger partial charge < -0.3 is 10.1 Å². The normalized spacial score (nSPS) is 10.6. The van der Waals surface area contributed by atoms with Crippen molar-refractivity contribution in [1.29, 1.82) is 0 Å². The van der Waals surface area contributed by atoms with Gasteiger partial charge >= 0.3 is 0 Å². The minimum atomic E-state index is 0.505. The molecule has 2 aromatic heterocycles. The first-order chi connectivity index (χ1) is 9.72. The molecular weight excluding hydrogens is 254 g/mol. The quantitative estimate of drug-likeness (QED) is 0.808. The second kappa shape index (κ2) is 6.91. The van der Waals surface area contributed by atoms with Crippen LogP contribution in [0.1, 0.15) is 24.7 Å². The molecule has 2 rings (SSSR count). The first-order valence-corrected chi connectivity index (χ1v) is 6.64. The molecule has 0 bridgehead atoms. The molecule has 0 amide bonds. The van der Waals surface area contributed by atoms with Gasteiger partial charge in [0.05, 0.1) is 12.8 Å². The number of aryl methyl sites for hydroxylation is 1. The van der Waals surface area contributed by atoms with Crippen molar-refractivity contribution in [3.63, 3.8) is 0 Å². The second-order valence-electron chi connectivity index (χ2n) is 4.45. The van der Waals surface area contributed by atoms with Crippen LogP contribution in [0.5, 0.6) is 5.88 Å². The van der Waals surface area contributed by atoms with Gasteiger partial charge in [-0.25, -0.2) is 19.9 Å². The van der Waals surface area contributed by atoms with Gasteiger partial charge in [-0.3, -0.25) is 0 Å². The van der Waals surface area contributed by atoms with E-state index in [1.54, 1.807) is 13.2 Å². The van der Waals surface area contributed by atoms with E-state index in [1.807, 2.05) is 13.0 Å². The molecule has 0 radical (unpaired) electrons. The van der Waals surface area contributed by atoms with Gasteiger partial charge in [-0.1, -0.05) is 6.92 Å². The van der Waals surface area contributed by atoms with Crippen molar-refractivity contribution in [2.24, 2.45) is 0 Å². The highest BCUT2D eigenvalue weighted by molar-refractivity contribution is 5.50. The number of nitrogens with zero attached hydrogens (tertiary/aromatic N) is 4. The number of nitrogens with one attached hydrogen (secondary N) is 1. The van der Waals surface area contributed by atoms with E-state index in [-0.39, 0.29) is 0 Å². The van der Waals surface area contributed by atoms with Gasteiger partial charge in [-0.2, -0.15) is 0 Å². The first kappa shape index (κ1) is 14.3. The van der Waals surface area contributed by atoms with Crippen LogP contribution in [-0.2, 0) is 6.54 Å². The zero-order valence-electron chi connectivity index (χ0n) is 12.1. The van der Waals surface area contributed by atoms with Crippen molar-refractivity contribution >= 4 is 0 Å². The number of aromatic nitrogens is 4. The van der Waals surface area contributed by atoms with Crippen LogP contribution in [0.2, 0.25) is 0 Å². The van der Waals surface area contributed by atoms with Gasteiger partial charge in [0, 0.05) is 18.3 Å². The maximum absolute atomic E-state index is 5.10. The Hall–Kier alpha value is -2.08. The second-order valence-corrected chi connectivity index (χ2v) is 4.45. The van der Waals surface area contributed by atoms with Crippen LogP contribution in [0.15, 0.2) is 18.5 Å². The molecule has 0 aliphatic carbocycles.